The van der Waals surface area contributed by atoms with E-state index in [1.165, 1.54) is 11.3 Å². The van der Waals surface area contributed by atoms with Crippen LogP contribution in [0, 0.1) is 13.8 Å². The molecule has 1 aliphatic rings. The Morgan fingerprint density at radius 1 is 0.946 bits per heavy atom. The van der Waals surface area contributed by atoms with Gasteiger partial charge in [-0.2, -0.15) is 0 Å². The largest absolute Gasteiger partial charge is 0.370 e. The van der Waals surface area contributed by atoms with Crippen molar-refractivity contribution in [2.45, 2.75) is 39.5 Å². The number of aromatic amines is 1. The number of nitrogens with zero attached hydrogens (tertiary/aromatic N) is 2. The van der Waals surface area contributed by atoms with Crippen LogP contribution in [0.1, 0.15) is 58.6 Å². The molecule has 5 aromatic rings. The van der Waals surface area contributed by atoms with Gasteiger partial charge in [0.05, 0.1) is 11.2 Å². The zero-order chi connectivity index (χ0) is 25.7. The summed E-state index contributed by atoms with van der Waals surface area (Å²) in [5.41, 5.74) is 9.04. The second-order valence-corrected chi connectivity index (χ2v) is 10.6. The topological polar surface area (TPSA) is 61.0 Å². The quantitative estimate of drug-likeness (QED) is 0.273. The number of nitrogens with one attached hydrogen (secondary N) is 2. The van der Waals surface area contributed by atoms with Crippen molar-refractivity contribution in [1.29, 1.82) is 0 Å². The van der Waals surface area contributed by atoms with Gasteiger partial charge in [0.15, 0.2) is 0 Å². The highest BCUT2D eigenvalue weighted by Gasteiger charge is 2.32. The highest BCUT2D eigenvalue weighted by molar-refractivity contribution is 6.12. The Morgan fingerprint density at radius 3 is 2.35 bits per heavy atom. The third-order valence-corrected chi connectivity index (χ3v) is 7.67. The summed E-state index contributed by atoms with van der Waals surface area (Å²) in [4.78, 5) is 24.4. The molecule has 1 fully saturated rings. The van der Waals surface area contributed by atoms with Crippen LogP contribution in [0.2, 0.25) is 0 Å². The number of carbonyl (C=O) groups excluding carboxylic acids is 1. The van der Waals surface area contributed by atoms with Crippen molar-refractivity contribution in [1.82, 2.24) is 9.97 Å². The Bertz CT molecular complexity index is 1600. The number of H-pyrrole nitrogens is 1. The molecule has 0 bridgehead atoms. The Labute approximate surface area is 217 Å². The molecule has 3 aromatic carbocycles. The summed E-state index contributed by atoms with van der Waals surface area (Å²) in [6.45, 7) is 10.2. The summed E-state index contributed by atoms with van der Waals surface area (Å²) < 4.78 is 0. The number of hydrogen-bond donors (Lipinski definition) is 2. The molecule has 1 saturated heterocycles. The van der Waals surface area contributed by atoms with E-state index in [9.17, 15) is 4.79 Å². The van der Waals surface area contributed by atoms with Gasteiger partial charge in [-0.05, 0) is 60.7 Å². The van der Waals surface area contributed by atoms with Crippen LogP contribution < -0.4 is 10.2 Å². The number of hydrogen-bond acceptors (Lipinski definition) is 3. The summed E-state index contributed by atoms with van der Waals surface area (Å²) in [5.74, 6) is 0.592. The number of pyridine rings is 1. The molecule has 0 aliphatic carbocycles. The molecule has 0 unspecified atom stereocenters. The van der Waals surface area contributed by atoms with Crippen molar-refractivity contribution < 1.29 is 4.79 Å². The van der Waals surface area contributed by atoms with E-state index in [0.29, 0.717) is 11.6 Å². The van der Waals surface area contributed by atoms with Crippen LogP contribution in [0.3, 0.4) is 0 Å². The number of amides is 1. The maximum atomic E-state index is 13.5. The Balaban J connectivity index is 1.35. The maximum Gasteiger partial charge on any atom is 0.274 e. The van der Waals surface area contributed by atoms with Crippen LogP contribution in [-0.2, 0) is 0 Å². The van der Waals surface area contributed by atoms with Gasteiger partial charge in [0.1, 0.15) is 5.69 Å². The van der Waals surface area contributed by atoms with Crippen molar-refractivity contribution >= 4 is 39.1 Å². The van der Waals surface area contributed by atoms with Crippen molar-refractivity contribution in [3.05, 3.63) is 101 Å². The maximum absolute atomic E-state index is 13.5. The average molecular weight is 489 g/mol. The second-order valence-electron chi connectivity index (χ2n) is 10.6. The molecule has 0 saturated carbocycles. The minimum absolute atomic E-state index is 0.175. The van der Waals surface area contributed by atoms with Crippen LogP contribution in [0.4, 0.5) is 11.4 Å². The molecule has 0 radical (unpaired) electrons. The van der Waals surface area contributed by atoms with Gasteiger partial charge in [0.2, 0.25) is 0 Å². The molecule has 5 nitrogen and oxygen atoms in total. The van der Waals surface area contributed by atoms with Gasteiger partial charge in [-0.3, -0.25) is 4.79 Å². The van der Waals surface area contributed by atoms with Gasteiger partial charge in [-0.25, -0.2) is 4.98 Å². The van der Waals surface area contributed by atoms with Crippen molar-refractivity contribution in [3.8, 4) is 0 Å². The minimum Gasteiger partial charge on any atom is -0.370 e. The number of aryl methyl sites for hydroxylation is 2. The smallest absolute Gasteiger partial charge is 0.274 e. The number of anilines is 2. The molecule has 2 aromatic heterocycles. The molecule has 1 amide bonds. The van der Waals surface area contributed by atoms with E-state index in [-0.39, 0.29) is 11.8 Å². The number of rotatable bonds is 5. The molecule has 186 valence electrons. The van der Waals surface area contributed by atoms with E-state index in [2.05, 4.69) is 65.4 Å². The SMILES string of the molecule is Cc1cccc(C)c1NC(=O)c1cc2c([nH]c3ccccc32)c(C2CN(c3ccc(C(C)C)cc3)C2)n1. The molecule has 0 spiro atoms. The van der Waals surface area contributed by atoms with Crippen LogP contribution in [0.5, 0.6) is 0 Å². The molecule has 5 heteroatoms. The lowest BCUT2D eigenvalue weighted by Gasteiger charge is -2.41. The van der Waals surface area contributed by atoms with Gasteiger partial charge in [-0.1, -0.05) is 62.4 Å². The van der Waals surface area contributed by atoms with Gasteiger partial charge in [0.25, 0.3) is 5.91 Å². The lowest BCUT2D eigenvalue weighted by atomic mass is 9.92. The molecule has 37 heavy (non-hydrogen) atoms. The lowest BCUT2D eigenvalue weighted by Crippen LogP contribution is -2.45. The molecular weight excluding hydrogens is 456 g/mol. The summed E-state index contributed by atoms with van der Waals surface area (Å²) in [5, 5.41) is 5.29. The molecule has 3 heterocycles. The molecular formula is C32H32N4O. The molecule has 1 aliphatic heterocycles. The van der Waals surface area contributed by atoms with Gasteiger partial charge in [-0.15, -0.1) is 0 Å². The molecule has 6 rings (SSSR count). The molecule has 2 N–H and O–H groups in total. The number of carbonyl (C=O) groups is 1. The van der Waals surface area contributed by atoms with E-state index >= 15 is 0 Å². The van der Waals surface area contributed by atoms with E-state index < -0.39 is 0 Å². The minimum atomic E-state index is -0.175. The Kier molecular flexibility index (Phi) is 5.71. The average Bonchev–Trinajstić information content (AvgIpc) is 3.24. The van der Waals surface area contributed by atoms with Crippen LogP contribution in [0.15, 0.2) is 72.8 Å². The Morgan fingerprint density at radius 2 is 1.65 bits per heavy atom. The van der Waals surface area contributed by atoms with E-state index in [1.807, 2.05) is 50.2 Å². The first-order chi connectivity index (χ1) is 17.9. The van der Waals surface area contributed by atoms with Crippen molar-refractivity contribution in [3.63, 3.8) is 0 Å². The molecule has 0 atom stereocenters. The third-order valence-electron chi connectivity index (χ3n) is 7.67. The number of fused-ring (bicyclic) bond motifs is 3. The third kappa shape index (κ3) is 4.14. The fourth-order valence-corrected chi connectivity index (χ4v) is 5.40. The predicted octanol–water partition coefficient (Wildman–Crippen LogP) is 7.31. The monoisotopic (exact) mass is 488 g/mol. The van der Waals surface area contributed by atoms with Crippen LogP contribution in [-0.4, -0.2) is 29.0 Å². The lowest BCUT2D eigenvalue weighted by molar-refractivity contribution is 0.102. The normalized spacial score (nSPS) is 13.9. The first-order valence-corrected chi connectivity index (χ1v) is 13.0. The summed E-state index contributed by atoms with van der Waals surface area (Å²) in [6, 6.07) is 25.1. The van der Waals surface area contributed by atoms with Crippen LogP contribution in [0.25, 0.3) is 21.8 Å². The summed E-state index contributed by atoms with van der Waals surface area (Å²) in [7, 11) is 0. The fraction of sp³-hybridized carbons (Fsp3) is 0.250. The number of aromatic nitrogens is 2. The highest BCUT2D eigenvalue weighted by atomic mass is 16.1. The number of benzene rings is 3. The van der Waals surface area contributed by atoms with Gasteiger partial charge >= 0.3 is 0 Å². The predicted molar refractivity (Wildman–Crippen MR) is 153 cm³/mol. The summed E-state index contributed by atoms with van der Waals surface area (Å²) >= 11 is 0. The first kappa shape index (κ1) is 23.3. The number of para-hydroxylation sites is 2. The first-order valence-electron chi connectivity index (χ1n) is 13.0. The Hall–Kier alpha value is -4.12. The fourth-order valence-electron chi connectivity index (χ4n) is 5.40. The van der Waals surface area contributed by atoms with E-state index in [0.717, 1.165) is 57.4 Å². The second kappa shape index (κ2) is 9.07. The summed E-state index contributed by atoms with van der Waals surface area (Å²) in [6.07, 6.45) is 0. The zero-order valence-electron chi connectivity index (χ0n) is 21.8. The van der Waals surface area contributed by atoms with Gasteiger partial charge < -0.3 is 15.2 Å². The standard InChI is InChI=1S/C32H32N4O/c1-19(2)22-12-14-24(15-13-22)36-17-23(18-36)30-31-26(25-10-5-6-11-27(25)33-31)16-28(34-30)32(37)35-29-20(3)8-7-9-21(29)4/h5-16,19,23,33H,17-18H2,1-4H3,(H,35,37). The van der Waals surface area contributed by atoms with Crippen LogP contribution >= 0.6 is 0 Å². The van der Waals surface area contributed by atoms with E-state index in [4.69, 9.17) is 4.98 Å². The van der Waals surface area contributed by atoms with Crippen molar-refractivity contribution in [2.75, 3.05) is 23.3 Å². The van der Waals surface area contributed by atoms with Crippen molar-refractivity contribution in [2.24, 2.45) is 0 Å². The van der Waals surface area contributed by atoms with Gasteiger partial charge in [0, 0.05) is 46.7 Å². The zero-order valence-corrected chi connectivity index (χ0v) is 21.8. The van der Waals surface area contributed by atoms with E-state index in [1.54, 1.807) is 0 Å². The highest BCUT2D eigenvalue weighted by Crippen LogP contribution is 2.37.